The molecule has 1 N–H and O–H groups in total. The molecule has 0 aliphatic carbocycles. The molecule has 0 saturated carbocycles. The second kappa shape index (κ2) is 5.14. The third-order valence-corrected chi connectivity index (χ3v) is 4.48. The van der Waals surface area contributed by atoms with Gasteiger partial charge >= 0.3 is 5.97 Å². The van der Waals surface area contributed by atoms with Crippen LogP contribution in [-0.4, -0.2) is 11.1 Å². The molecule has 0 heterocycles. The zero-order valence-electron chi connectivity index (χ0n) is 6.76. The fourth-order valence-electron chi connectivity index (χ4n) is 0.946. The summed E-state index contributed by atoms with van der Waals surface area (Å²) in [6.07, 6.45) is 0.818. The summed E-state index contributed by atoms with van der Waals surface area (Å²) in [5, 5.41) is 8.50. The van der Waals surface area contributed by atoms with Crippen LogP contribution in [0.15, 0.2) is 18.2 Å². The van der Waals surface area contributed by atoms with E-state index in [0.29, 0.717) is 6.42 Å². The number of carboxylic acids is 1. The van der Waals surface area contributed by atoms with Gasteiger partial charge < -0.3 is 5.11 Å². The monoisotopic (exact) mass is 402 g/mol. The first-order chi connectivity index (χ1) is 6.09. The molecule has 1 rings (SSSR count). The standard InChI is InChI=1S/C9H8I2O2/c10-7-3-1-6(5-8(7)11)2-4-9(12)13/h1,3,5H,2,4H2,(H,12,13). The molecular weight excluding hydrogens is 394 g/mol. The van der Waals surface area contributed by atoms with E-state index >= 15 is 0 Å². The van der Waals surface area contributed by atoms with E-state index in [2.05, 4.69) is 45.2 Å². The summed E-state index contributed by atoms with van der Waals surface area (Å²) in [6.45, 7) is 0. The third-order valence-electron chi connectivity index (χ3n) is 1.61. The van der Waals surface area contributed by atoms with Crippen molar-refractivity contribution in [1.82, 2.24) is 0 Å². The highest BCUT2D eigenvalue weighted by Crippen LogP contribution is 2.17. The van der Waals surface area contributed by atoms with Gasteiger partial charge in [0.2, 0.25) is 0 Å². The number of halogens is 2. The van der Waals surface area contributed by atoms with Crippen LogP contribution in [0, 0.1) is 7.14 Å². The molecule has 0 bridgehead atoms. The Kier molecular flexibility index (Phi) is 4.43. The predicted molar refractivity (Wildman–Crippen MR) is 67.8 cm³/mol. The molecule has 4 heteroatoms. The summed E-state index contributed by atoms with van der Waals surface area (Å²) in [5.41, 5.74) is 1.09. The molecule has 70 valence electrons. The van der Waals surface area contributed by atoms with Crippen LogP contribution in [-0.2, 0) is 11.2 Å². The Labute approximate surface area is 104 Å². The SMILES string of the molecule is O=C(O)CCc1ccc(I)c(I)c1. The van der Waals surface area contributed by atoms with Crippen LogP contribution in [0.4, 0.5) is 0 Å². The van der Waals surface area contributed by atoms with E-state index in [-0.39, 0.29) is 6.42 Å². The molecule has 0 aliphatic heterocycles. The predicted octanol–water partition coefficient (Wildman–Crippen LogP) is 2.91. The van der Waals surface area contributed by atoms with Gasteiger partial charge in [-0.2, -0.15) is 0 Å². The normalized spacial score (nSPS) is 10.0. The zero-order valence-corrected chi connectivity index (χ0v) is 11.1. The van der Waals surface area contributed by atoms with Gasteiger partial charge in [-0.25, -0.2) is 0 Å². The average molecular weight is 402 g/mol. The zero-order chi connectivity index (χ0) is 9.84. The van der Waals surface area contributed by atoms with Gasteiger partial charge in [-0.05, 0) is 69.3 Å². The minimum absolute atomic E-state index is 0.205. The van der Waals surface area contributed by atoms with Crippen LogP contribution in [0.2, 0.25) is 0 Å². The second-order valence-electron chi connectivity index (χ2n) is 2.64. The quantitative estimate of drug-likeness (QED) is 0.791. The lowest BCUT2D eigenvalue weighted by Crippen LogP contribution is -1.97. The Balaban J connectivity index is 2.68. The summed E-state index contributed by atoms with van der Waals surface area (Å²) in [5.74, 6) is -0.742. The summed E-state index contributed by atoms with van der Waals surface area (Å²) >= 11 is 4.51. The van der Waals surface area contributed by atoms with Gasteiger partial charge in [0.25, 0.3) is 0 Å². The molecule has 0 aliphatic rings. The largest absolute Gasteiger partial charge is 0.481 e. The van der Waals surface area contributed by atoms with Crippen molar-refractivity contribution in [1.29, 1.82) is 0 Å². The molecule has 0 amide bonds. The smallest absolute Gasteiger partial charge is 0.303 e. The first kappa shape index (κ1) is 11.2. The van der Waals surface area contributed by atoms with Crippen LogP contribution in [0.3, 0.4) is 0 Å². The third kappa shape index (κ3) is 3.80. The first-order valence-corrected chi connectivity index (χ1v) is 5.91. The molecule has 0 aromatic heterocycles. The fraction of sp³-hybridized carbons (Fsp3) is 0.222. The van der Waals surface area contributed by atoms with E-state index in [9.17, 15) is 4.79 Å². The number of benzene rings is 1. The van der Waals surface area contributed by atoms with Crippen molar-refractivity contribution < 1.29 is 9.90 Å². The lowest BCUT2D eigenvalue weighted by atomic mass is 10.1. The van der Waals surface area contributed by atoms with Gasteiger partial charge in [-0.15, -0.1) is 0 Å². The molecule has 1 aromatic carbocycles. The Morgan fingerprint density at radius 1 is 1.31 bits per heavy atom. The maximum absolute atomic E-state index is 10.3. The van der Waals surface area contributed by atoms with Crippen LogP contribution in [0.1, 0.15) is 12.0 Å². The van der Waals surface area contributed by atoms with Gasteiger partial charge in [0.1, 0.15) is 0 Å². The maximum Gasteiger partial charge on any atom is 0.303 e. The molecule has 13 heavy (non-hydrogen) atoms. The number of hydrogen-bond donors (Lipinski definition) is 1. The van der Waals surface area contributed by atoms with E-state index in [1.807, 2.05) is 18.2 Å². The number of hydrogen-bond acceptors (Lipinski definition) is 1. The molecule has 1 aromatic rings. The molecule has 0 spiro atoms. The molecule has 0 saturated heterocycles. The van der Waals surface area contributed by atoms with Crippen LogP contribution in [0.25, 0.3) is 0 Å². The maximum atomic E-state index is 10.3. The minimum Gasteiger partial charge on any atom is -0.481 e. The van der Waals surface area contributed by atoms with Crippen molar-refractivity contribution in [2.45, 2.75) is 12.8 Å². The summed E-state index contributed by atoms with van der Waals surface area (Å²) in [4.78, 5) is 10.3. The van der Waals surface area contributed by atoms with Crippen molar-refractivity contribution in [2.24, 2.45) is 0 Å². The van der Waals surface area contributed by atoms with Crippen molar-refractivity contribution >= 4 is 51.2 Å². The van der Waals surface area contributed by atoms with E-state index in [4.69, 9.17) is 5.11 Å². The van der Waals surface area contributed by atoms with Crippen molar-refractivity contribution in [3.8, 4) is 0 Å². The summed E-state index contributed by atoms with van der Waals surface area (Å²) in [7, 11) is 0. The van der Waals surface area contributed by atoms with Gasteiger partial charge in [-0.3, -0.25) is 4.79 Å². The van der Waals surface area contributed by atoms with E-state index in [1.165, 1.54) is 7.14 Å². The van der Waals surface area contributed by atoms with Crippen LogP contribution in [0.5, 0.6) is 0 Å². The molecule has 0 fully saturated rings. The molecule has 0 atom stereocenters. The Morgan fingerprint density at radius 3 is 2.54 bits per heavy atom. The minimum atomic E-state index is -0.742. The fourth-order valence-corrected chi connectivity index (χ4v) is 1.86. The second-order valence-corrected chi connectivity index (χ2v) is 4.97. The average Bonchev–Trinajstić information content (AvgIpc) is 2.07. The van der Waals surface area contributed by atoms with Gasteiger partial charge in [0.15, 0.2) is 0 Å². The van der Waals surface area contributed by atoms with E-state index in [1.54, 1.807) is 0 Å². The lowest BCUT2D eigenvalue weighted by molar-refractivity contribution is -0.136. The topological polar surface area (TPSA) is 37.3 Å². The lowest BCUT2D eigenvalue weighted by Gasteiger charge is -2.01. The Morgan fingerprint density at radius 2 is 2.00 bits per heavy atom. The number of aryl methyl sites for hydroxylation is 1. The van der Waals surface area contributed by atoms with Gasteiger partial charge in [-0.1, -0.05) is 6.07 Å². The highest BCUT2D eigenvalue weighted by molar-refractivity contribution is 14.1. The summed E-state index contributed by atoms with van der Waals surface area (Å²) in [6, 6.07) is 6.03. The van der Waals surface area contributed by atoms with Crippen LogP contribution >= 0.6 is 45.2 Å². The first-order valence-electron chi connectivity index (χ1n) is 3.75. The molecule has 0 unspecified atom stereocenters. The number of carbonyl (C=O) groups is 1. The van der Waals surface area contributed by atoms with Crippen molar-refractivity contribution in [3.63, 3.8) is 0 Å². The van der Waals surface area contributed by atoms with E-state index < -0.39 is 5.97 Å². The molecular formula is C9H8I2O2. The highest BCUT2D eigenvalue weighted by Gasteiger charge is 2.01. The Bertz CT molecular complexity index is 323. The van der Waals surface area contributed by atoms with Gasteiger partial charge in [0.05, 0.1) is 0 Å². The summed E-state index contributed by atoms with van der Waals surface area (Å²) < 4.78 is 2.39. The number of carboxylic acid groups (broad SMARTS) is 1. The highest BCUT2D eigenvalue weighted by atomic mass is 127. The van der Waals surface area contributed by atoms with Gasteiger partial charge in [0, 0.05) is 13.6 Å². The molecule has 0 radical (unpaired) electrons. The number of aliphatic carboxylic acids is 1. The van der Waals surface area contributed by atoms with E-state index in [0.717, 1.165) is 5.56 Å². The van der Waals surface area contributed by atoms with Crippen molar-refractivity contribution in [2.75, 3.05) is 0 Å². The van der Waals surface area contributed by atoms with Crippen LogP contribution < -0.4 is 0 Å². The Hall–Kier alpha value is 0.150. The van der Waals surface area contributed by atoms with Crippen molar-refractivity contribution in [3.05, 3.63) is 30.9 Å². The number of rotatable bonds is 3. The molecule has 2 nitrogen and oxygen atoms in total.